The highest BCUT2D eigenvalue weighted by atomic mass is 32.1. The van der Waals surface area contributed by atoms with Gasteiger partial charge in [-0.3, -0.25) is 0 Å². The van der Waals surface area contributed by atoms with E-state index in [9.17, 15) is 0 Å². The summed E-state index contributed by atoms with van der Waals surface area (Å²) in [6.45, 7) is 6.11. The molecule has 3 heterocycles. The number of aromatic nitrogens is 4. The van der Waals surface area contributed by atoms with Gasteiger partial charge in [-0.15, -0.1) is 21.5 Å². The van der Waals surface area contributed by atoms with Crippen LogP contribution in [0.5, 0.6) is 0 Å². The first-order valence-electron chi connectivity index (χ1n) is 5.91. The molecule has 0 amide bonds. The van der Waals surface area contributed by atoms with Crippen molar-refractivity contribution in [3.05, 3.63) is 16.2 Å². The largest absolute Gasteiger partial charge is 0.307 e. The Bertz CT molecular complexity index is 530. The molecule has 3 rings (SSSR count). The van der Waals surface area contributed by atoms with Crippen LogP contribution in [0.3, 0.4) is 0 Å². The van der Waals surface area contributed by atoms with E-state index in [1.54, 1.807) is 11.3 Å². The van der Waals surface area contributed by atoms with Crippen LogP contribution in [-0.4, -0.2) is 26.3 Å². The zero-order valence-corrected chi connectivity index (χ0v) is 10.8. The molecule has 0 unspecified atom stereocenters. The second-order valence-corrected chi connectivity index (χ2v) is 5.13. The van der Waals surface area contributed by atoms with Crippen LogP contribution in [0.1, 0.15) is 30.7 Å². The van der Waals surface area contributed by atoms with Crippen LogP contribution in [0.4, 0.5) is 0 Å². The Morgan fingerprint density at radius 3 is 3.18 bits per heavy atom. The molecule has 17 heavy (non-hydrogen) atoms. The summed E-state index contributed by atoms with van der Waals surface area (Å²) in [5.74, 6) is 1.92. The van der Waals surface area contributed by atoms with Crippen molar-refractivity contribution in [2.24, 2.45) is 0 Å². The van der Waals surface area contributed by atoms with Gasteiger partial charge in [-0.1, -0.05) is 6.92 Å². The van der Waals surface area contributed by atoms with E-state index in [2.05, 4.69) is 44.3 Å². The van der Waals surface area contributed by atoms with Crippen LogP contribution >= 0.6 is 11.3 Å². The van der Waals surface area contributed by atoms with Crippen LogP contribution in [0, 0.1) is 0 Å². The van der Waals surface area contributed by atoms with Crippen molar-refractivity contribution >= 4 is 11.3 Å². The highest BCUT2D eigenvalue weighted by Gasteiger charge is 2.22. The Morgan fingerprint density at radius 1 is 1.53 bits per heavy atom. The fraction of sp³-hybridized carbons (Fsp3) is 0.545. The Balaban J connectivity index is 2.03. The van der Waals surface area contributed by atoms with E-state index in [0.717, 1.165) is 41.9 Å². The zero-order valence-electron chi connectivity index (χ0n) is 9.97. The Morgan fingerprint density at radius 2 is 2.41 bits per heavy atom. The molecule has 0 radical (unpaired) electrons. The first-order valence-corrected chi connectivity index (χ1v) is 6.78. The third-order valence-corrected chi connectivity index (χ3v) is 4.03. The molecule has 0 aromatic carbocycles. The summed E-state index contributed by atoms with van der Waals surface area (Å²) in [4.78, 5) is 4.58. The molecule has 1 aliphatic rings. The molecule has 6 heteroatoms. The predicted octanol–water partition coefficient (Wildman–Crippen LogP) is 1.63. The average Bonchev–Trinajstić information content (AvgIpc) is 2.94. The van der Waals surface area contributed by atoms with Gasteiger partial charge in [-0.05, 0) is 13.3 Å². The van der Waals surface area contributed by atoms with E-state index in [-0.39, 0.29) is 6.04 Å². The molecule has 90 valence electrons. The summed E-state index contributed by atoms with van der Waals surface area (Å²) in [6, 6.07) is 0.272. The lowest BCUT2D eigenvalue weighted by atomic mass is 10.2. The van der Waals surface area contributed by atoms with Gasteiger partial charge in [0.15, 0.2) is 5.82 Å². The molecular formula is C11H15N5S. The number of hydrogen-bond acceptors (Lipinski definition) is 5. The number of nitrogens with one attached hydrogen (secondary N) is 1. The molecule has 0 aliphatic carbocycles. The van der Waals surface area contributed by atoms with E-state index in [1.165, 1.54) is 0 Å². The SMILES string of the molecule is CCc1nc(-c2nnc3n2CCN[C@@H]3C)cs1. The van der Waals surface area contributed by atoms with Crippen LogP contribution < -0.4 is 5.32 Å². The van der Waals surface area contributed by atoms with Crippen molar-refractivity contribution in [3.63, 3.8) is 0 Å². The minimum Gasteiger partial charge on any atom is -0.307 e. The van der Waals surface area contributed by atoms with Crippen molar-refractivity contribution in [2.45, 2.75) is 32.9 Å². The molecule has 2 aromatic rings. The average molecular weight is 249 g/mol. The summed E-state index contributed by atoms with van der Waals surface area (Å²) in [7, 11) is 0. The van der Waals surface area contributed by atoms with E-state index < -0.39 is 0 Å². The Hall–Kier alpha value is -1.27. The number of hydrogen-bond donors (Lipinski definition) is 1. The van der Waals surface area contributed by atoms with Crippen molar-refractivity contribution < 1.29 is 0 Å². The van der Waals surface area contributed by atoms with Gasteiger partial charge in [-0.2, -0.15) is 0 Å². The van der Waals surface area contributed by atoms with Gasteiger partial charge in [0.2, 0.25) is 0 Å². The van der Waals surface area contributed by atoms with E-state index >= 15 is 0 Å². The van der Waals surface area contributed by atoms with Crippen LogP contribution in [0.25, 0.3) is 11.5 Å². The summed E-state index contributed by atoms with van der Waals surface area (Å²) < 4.78 is 2.18. The molecule has 1 atom stereocenters. The van der Waals surface area contributed by atoms with Gasteiger partial charge in [0.25, 0.3) is 0 Å². The first kappa shape index (κ1) is 10.9. The van der Waals surface area contributed by atoms with Crippen LogP contribution in [0.15, 0.2) is 5.38 Å². The fourth-order valence-electron chi connectivity index (χ4n) is 2.11. The number of thiazole rings is 1. The highest BCUT2D eigenvalue weighted by molar-refractivity contribution is 7.09. The maximum absolute atomic E-state index is 4.58. The fourth-order valence-corrected chi connectivity index (χ4v) is 2.83. The first-order chi connectivity index (χ1) is 8.29. The lowest BCUT2D eigenvalue weighted by Gasteiger charge is -2.21. The molecule has 0 bridgehead atoms. The highest BCUT2D eigenvalue weighted by Crippen LogP contribution is 2.24. The topological polar surface area (TPSA) is 55.6 Å². The summed E-state index contributed by atoms with van der Waals surface area (Å²) >= 11 is 1.69. The maximum Gasteiger partial charge on any atom is 0.183 e. The van der Waals surface area contributed by atoms with Gasteiger partial charge >= 0.3 is 0 Å². The summed E-state index contributed by atoms with van der Waals surface area (Å²) in [5.41, 5.74) is 0.958. The van der Waals surface area contributed by atoms with Crippen molar-refractivity contribution in [1.82, 2.24) is 25.1 Å². The summed E-state index contributed by atoms with van der Waals surface area (Å²) in [6.07, 6.45) is 0.976. The Labute approximate surface area is 104 Å². The molecule has 0 saturated carbocycles. The second kappa shape index (κ2) is 4.19. The molecule has 5 nitrogen and oxygen atoms in total. The lowest BCUT2D eigenvalue weighted by Crippen LogP contribution is -2.32. The minimum absolute atomic E-state index is 0.272. The standard InChI is InChI=1S/C11H15N5S/c1-3-9-13-8(6-17-9)11-15-14-10-7(2)12-4-5-16(10)11/h6-7,12H,3-5H2,1-2H3/t7-/m1/s1. The monoisotopic (exact) mass is 249 g/mol. The molecule has 0 saturated heterocycles. The number of rotatable bonds is 2. The summed E-state index contributed by atoms with van der Waals surface area (Å²) in [5, 5.41) is 15.2. The molecule has 1 aliphatic heterocycles. The van der Waals surface area contributed by atoms with E-state index in [4.69, 9.17) is 0 Å². The quantitative estimate of drug-likeness (QED) is 0.879. The number of aryl methyl sites for hydroxylation is 1. The third-order valence-electron chi connectivity index (χ3n) is 3.04. The minimum atomic E-state index is 0.272. The second-order valence-electron chi connectivity index (χ2n) is 4.19. The smallest absolute Gasteiger partial charge is 0.183 e. The van der Waals surface area contributed by atoms with Gasteiger partial charge in [0.05, 0.1) is 11.0 Å². The zero-order chi connectivity index (χ0) is 11.8. The van der Waals surface area contributed by atoms with Crippen molar-refractivity contribution in [3.8, 4) is 11.5 Å². The van der Waals surface area contributed by atoms with Crippen LogP contribution in [-0.2, 0) is 13.0 Å². The molecule has 2 aromatic heterocycles. The molecule has 0 spiro atoms. The molecule has 0 fully saturated rings. The number of nitrogens with zero attached hydrogens (tertiary/aromatic N) is 4. The third kappa shape index (κ3) is 1.77. The Kier molecular flexibility index (Phi) is 2.68. The van der Waals surface area contributed by atoms with Gasteiger partial charge in [0.1, 0.15) is 11.5 Å². The normalized spacial score (nSPS) is 19.3. The molecular weight excluding hydrogens is 234 g/mol. The van der Waals surface area contributed by atoms with Gasteiger partial charge < -0.3 is 9.88 Å². The van der Waals surface area contributed by atoms with Crippen molar-refractivity contribution in [1.29, 1.82) is 0 Å². The van der Waals surface area contributed by atoms with Crippen LogP contribution in [0.2, 0.25) is 0 Å². The van der Waals surface area contributed by atoms with Gasteiger partial charge in [0, 0.05) is 18.5 Å². The van der Waals surface area contributed by atoms with E-state index in [1.807, 2.05) is 0 Å². The van der Waals surface area contributed by atoms with Gasteiger partial charge in [-0.25, -0.2) is 4.98 Å². The molecule has 1 N–H and O–H groups in total. The van der Waals surface area contributed by atoms with E-state index in [0.29, 0.717) is 0 Å². The maximum atomic E-state index is 4.58. The number of fused-ring (bicyclic) bond motifs is 1. The predicted molar refractivity (Wildman–Crippen MR) is 66.9 cm³/mol. The van der Waals surface area contributed by atoms with Crippen molar-refractivity contribution in [2.75, 3.05) is 6.54 Å². The lowest BCUT2D eigenvalue weighted by molar-refractivity contribution is 0.439.